The van der Waals surface area contributed by atoms with Crippen molar-refractivity contribution in [3.05, 3.63) is 86.4 Å². The summed E-state index contributed by atoms with van der Waals surface area (Å²) in [6, 6.07) is 12.1. The van der Waals surface area contributed by atoms with Gasteiger partial charge in [-0.15, -0.1) is 11.3 Å². The Morgan fingerprint density at radius 2 is 2.07 bits per heavy atom. The molecule has 1 N–H and O–H groups in total. The molecule has 4 aromatic rings. The summed E-state index contributed by atoms with van der Waals surface area (Å²) in [5.74, 6) is -0.0961. The van der Waals surface area contributed by atoms with Crippen molar-refractivity contribution in [2.24, 2.45) is 0 Å². The zero-order valence-corrected chi connectivity index (χ0v) is 16.8. The molecule has 0 aliphatic heterocycles. The van der Waals surface area contributed by atoms with Gasteiger partial charge < -0.3 is 9.73 Å². The molecule has 4 rings (SSSR count). The van der Waals surface area contributed by atoms with E-state index in [4.69, 9.17) is 16.0 Å². The fourth-order valence-corrected chi connectivity index (χ4v) is 3.49. The van der Waals surface area contributed by atoms with E-state index in [0.29, 0.717) is 28.0 Å². The number of amides is 1. The first-order valence-electron chi connectivity index (χ1n) is 8.64. The molecule has 0 spiro atoms. The van der Waals surface area contributed by atoms with Gasteiger partial charge in [-0.25, -0.2) is 9.67 Å². The van der Waals surface area contributed by atoms with Gasteiger partial charge in [0.1, 0.15) is 6.26 Å². The molecule has 0 saturated carbocycles. The fraction of sp³-hybridized carbons (Fsp3) is 0.100. The summed E-state index contributed by atoms with van der Waals surface area (Å²) in [7, 11) is 0. The van der Waals surface area contributed by atoms with Crippen LogP contribution in [0.5, 0.6) is 0 Å². The van der Waals surface area contributed by atoms with Crippen molar-refractivity contribution in [1.82, 2.24) is 20.1 Å². The molecular formula is C20H15ClN4O3S. The molecule has 0 fully saturated rings. The predicted molar refractivity (Wildman–Crippen MR) is 111 cm³/mol. The molecule has 0 saturated heterocycles. The molecule has 29 heavy (non-hydrogen) atoms. The Balaban J connectivity index is 1.53. The topological polar surface area (TPSA) is 90.0 Å². The molecule has 1 aromatic carbocycles. The van der Waals surface area contributed by atoms with Gasteiger partial charge in [-0.05, 0) is 42.6 Å². The van der Waals surface area contributed by atoms with E-state index in [1.165, 1.54) is 28.3 Å². The summed E-state index contributed by atoms with van der Waals surface area (Å²) in [5.41, 5.74) is 1.19. The van der Waals surface area contributed by atoms with Gasteiger partial charge in [0.05, 0.1) is 22.8 Å². The number of hydrogen-bond donors (Lipinski definition) is 1. The van der Waals surface area contributed by atoms with E-state index in [1.54, 1.807) is 31.2 Å². The average molecular weight is 427 g/mol. The van der Waals surface area contributed by atoms with Gasteiger partial charge in [-0.3, -0.25) is 9.59 Å². The molecule has 0 radical (unpaired) electrons. The van der Waals surface area contributed by atoms with Crippen LogP contribution in [0.3, 0.4) is 0 Å². The number of nitrogens with zero attached hydrogens (tertiary/aromatic N) is 3. The van der Waals surface area contributed by atoms with Crippen LogP contribution < -0.4 is 10.7 Å². The minimum absolute atomic E-state index is 0.115. The highest BCUT2D eigenvalue weighted by molar-refractivity contribution is 7.13. The lowest BCUT2D eigenvalue weighted by atomic mass is 10.2. The van der Waals surface area contributed by atoms with Gasteiger partial charge in [-0.1, -0.05) is 17.7 Å². The number of hydrogen-bond acceptors (Lipinski definition) is 6. The number of carbonyl (C=O) groups is 1. The molecule has 0 aliphatic carbocycles. The van der Waals surface area contributed by atoms with Crippen LogP contribution in [0.15, 0.2) is 63.3 Å². The molecule has 0 unspecified atom stereocenters. The Morgan fingerprint density at radius 3 is 2.79 bits per heavy atom. The maximum absolute atomic E-state index is 12.6. The van der Waals surface area contributed by atoms with Crippen molar-refractivity contribution in [3.63, 3.8) is 0 Å². The predicted octanol–water partition coefficient (Wildman–Crippen LogP) is 3.84. The number of nitrogens with one attached hydrogen (secondary N) is 1. The molecule has 146 valence electrons. The number of carbonyl (C=O) groups excluding carboxylic acids is 1. The first-order chi connectivity index (χ1) is 14.0. The van der Waals surface area contributed by atoms with Crippen LogP contribution in [0.1, 0.15) is 21.9 Å². The lowest BCUT2D eigenvalue weighted by Gasteiger charge is -2.11. The van der Waals surface area contributed by atoms with E-state index in [1.807, 2.05) is 17.5 Å². The van der Waals surface area contributed by atoms with Gasteiger partial charge >= 0.3 is 0 Å². The zero-order chi connectivity index (χ0) is 20.4. The second kappa shape index (κ2) is 8.02. The van der Waals surface area contributed by atoms with Gasteiger partial charge in [-0.2, -0.15) is 5.10 Å². The van der Waals surface area contributed by atoms with Crippen LogP contribution in [0.25, 0.3) is 16.5 Å². The monoisotopic (exact) mass is 426 g/mol. The minimum atomic E-state index is -0.585. The van der Waals surface area contributed by atoms with Crippen molar-refractivity contribution < 1.29 is 9.21 Å². The Labute approximate surface area is 174 Å². The van der Waals surface area contributed by atoms with E-state index < -0.39 is 11.3 Å². The number of aromatic nitrogens is 3. The molecule has 3 aromatic heterocycles. The SMILES string of the molecule is Cc1cc(=O)c(C(=O)NCc2coc(-c3cccs3)n2)nn1-c1ccc(Cl)cc1. The highest BCUT2D eigenvalue weighted by Crippen LogP contribution is 2.23. The van der Waals surface area contributed by atoms with Crippen LogP contribution in [0.4, 0.5) is 0 Å². The Kier molecular flexibility index (Phi) is 5.28. The van der Waals surface area contributed by atoms with Crippen LogP contribution in [-0.4, -0.2) is 20.7 Å². The Hall–Kier alpha value is -3.23. The quantitative estimate of drug-likeness (QED) is 0.523. The maximum atomic E-state index is 12.6. The number of benzene rings is 1. The van der Waals surface area contributed by atoms with E-state index in [2.05, 4.69) is 15.4 Å². The van der Waals surface area contributed by atoms with Gasteiger partial charge in [0.25, 0.3) is 5.91 Å². The highest BCUT2D eigenvalue weighted by Gasteiger charge is 2.16. The van der Waals surface area contributed by atoms with Crippen molar-refractivity contribution in [3.8, 4) is 16.5 Å². The highest BCUT2D eigenvalue weighted by atomic mass is 35.5. The lowest BCUT2D eigenvalue weighted by Crippen LogP contribution is -2.31. The zero-order valence-electron chi connectivity index (χ0n) is 15.3. The van der Waals surface area contributed by atoms with E-state index in [9.17, 15) is 9.59 Å². The van der Waals surface area contributed by atoms with E-state index in [0.717, 1.165) is 4.88 Å². The average Bonchev–Trinajstić information content (AvgIpc) is 3.39. The van der Waals surface area contributed by atoms with E-state index in [-0.39, 0.29) is 12.2 Å². The molecular weight excluding hydrogens is 412 g/mol. The Morgan fingerprint density at radius 1 is 1.28 bits per heavy atom. The van der Waals surface area contributed by atoms with E-state index >= 15 is 0 Å². The summed E-state index contributed by atoms with van der Waals surface area (Å²) < 4.78 is 6.95. The first-order valence-corrected chi connectivity index (χ1v) is 9.90. The fourth-order valence-electron chi connectivity index (χ4n) is 2.70. The number of halogens is 1. The number of rotatable bonds is 5. The summed E-state index contributed by atoms with van der Waals surface area (Å²) in [6.45, 7) is 1.86. The third-order valence-electron chi connectivity index (χ3n) is 4.11. The first kappa shape index (κ1) is 19.1. The van der Waals surface area contributed by atoms with Crippen molar-refractivity contribution >= 4 is 28.8 Å². The van der Waals surface area contributed by atoms with Crippen LogP contribution in [-0.2, 0) is 6.54 Å². The molecule has 7 nitrogen and oxygen atoms in total. The summed E-state index contributed by atoms with van der Waals surface area (Å²) in [5, 5.41) is 9.41. The van der Waals surface area contributed by atoms with Gasteiger partial charge in [0.15, 0.2) is 5.69 Å². The Bertz CT molecular complexity index is 1210. The minimum Gasteiger partial charge on any atom is -0.443 e. The molecule has 0 aliphatic rings. The smallest absolute Gasteiger partial charge is 0.276 e. The van der Waals surface area contributed by atoms with Crippen LogP contribution >= 0.6 is 22.9 Å². The third kappa shape index (κ3) is 4.13. The molecule has 9 heteroatoms. The number of oxazole rings is 1. The molecule has 3 heterocycles. The molecule has 0 atom stereocenters. The second-order valence-corrected chi connectivity index (χ2v) is 7.57. The van der Waals surface area contributed by atoms with Crippen molar-refractivity contribution in [1.29, 1.82) is 0 Å². The van der Waals surface area contributed by atoms with Gasteiger partial charge in [0.2, 0.25) is 11.3 Å². The number of aryl methyl sites for hydroxylation is 1. The summed E-state index contributed by atoms with van der Waals surface area (Å²) in [6.07, 6.45) is 1.48. The third-order valence-corrected chi connectivity index (χ3v) is 5.22. The standard InChI is InChI=1S/C20H15ClN4O3S/c1-12-9-16(26)18(24-25(12)15-6-4-13(21)5-7-15)19(27)22-10-14-11-28-20(23-14)17-3-2-8-29-17/h2-9,11H,10H2,1H3,(H,22,27). The van der Waals surface area contributed by atoms with Crippen LogP contribution in [0, 0.1) is 6.92 Å². The summed E-state index contributed by atoms with van der Waals surface area (Å²) >= 11 is 7.43. The van der Waals surface area contributed by atoms with Crippen LogP contribution in [0.2, 0.25) is 5.02 Å². The maximum Gasteiger partial charge on any atom is 0.276 e. The van der Waals surface area contributed by atoms with Crippen molar-refractivity contribution in [2.75, 3.05) is 0 Å². The largest absolute Gasteiger partial charge is 0.443 e. The summed E-state index contributed by atoms with van der Waals surface area (Å²) in [4.78, 5) is 30.1. The number of thiophene rings is 1. The normalized spacial score (nSPS) is 10.8. The lowest BCUT2D eigenvalue weighted by molar-refractivity contribution is 0.0942. The molecule has 0 bridgehead atoms. The van der Waals surface area contributed by atoms with Crippen molar-refractivity contribution in [2.45, 2.75) is 13.5 Å². The van der Waals surface area contributed by atoms with Gasteiger partial charge in [0, 0.05) is 16.8 Å². The molecule has 1 amide bonds. The second-order valence-electron chi connectivity index (χ2n) is 6.19.